The molecule has 1 saturated heterocycles. The second-order valence-electron chi connectivity index (χ2n) is 5.05. The van der Waals surface area contributed by atoms with Crippen LogP contribution in [0, 0.1) is 5.82 Å². The molecule has 1 aromatic carbocycles. The minimum atomic E-state index is -0.167. The Hall–Kier alpha value is -0.970. The van der Waals surface area contributed by atoms with Crippen LogP contribution in [-0.4, -0.2) is 42.4 Å². The Kier molecular flexibility index (Phi) is 5.76. The van der Waals surface area contributed by atoms with Gasteiger partial charge in [0, 0.05) is 32.8 Å². The molecule has 4 heteroatoms. The number of likely N-dealkylation sites (tertiary alicyclic amines) is 1. The number of benzene rings is 1. The molecule has 19 heavy (non-hydrogen) atoms. The van der Waals surface area contributed by atoms with E-state index in [0.717, 1.165) is 38.0 Å². The fourth-order valence-corrected chi connectivity index (χ4v) is 2.44. The molecule has 2 rings (SSSR count). The quantitative estimate of drug-likeness (QED) is 0.802. The Balaban J connectivity index is 1.71. The Morgan fingerprint density at radius 3 is 2.79 bits per heavy atom. The predicted molar refractivity (Wildman–Crippen MR) is 72.4 cm³/mol. The molecule has 1 N–H and O–H groups in total. The van der Waals surface area contributed by atoms with E-state index in [2.05, 4.69) is 4.90 Å². The lowest BCUT2D eigenvalue weighted by Crippen LogP contribution is -2.36. The number of aliphatic hydroxyl groups is 1. The van der Waals surface area contributed by atoms with Crippen molar-refractivity contribution in [2.24, 2.45) is 0 Å². The number of ether oxygens (including phenoxy) is 1. The van der Waals surface area contributed by atoms with Gasteiger partial charge >= 0.3 is 0 Å². The second-order valence-corrected chi connectivity index (χ2v) is 5.05. The zero-order valence-electron chi connectivity index (χ0n) is 11.2. The average molecular weight is 267 g/mol. The Morgan fingerprint density at radius 1 is 1.32 bits per heavy atom. The van der Waals surface area contributed by atoms with Gasteiger partial charge in [0.25, 0.3) is 0 Å². The van der Waals surface area contributed by atoms with Crippen LogP contribution in [0.3, 0.4) is 0 Å². The third-order valence-electron chi connectivity index (χ3n) is 3.49. The van der Waals surface area contributed by atoms with E-state index in [-0.39, 0.29) is 12.4 Å². The molecule has 0 saturated carbocycles. The molecular formula is C15H22FNO2. The highest BCUT2D eigenvalue weighted by molar-refractivity contribution is 5.16. The summed E-state index contributed by atoms with van der Waals surface area (Å²) < 4.78 is 18.8. The lowest BCUT2D eigenvalue weighted by molar-refractivity contribution is 0.000771. The topological polar surface area (TPSA) is 32.7 Å². The Bertz CT molecular complexity index is 378. The normalized spacial score (nSPS) is 17.8. The maximum absolute atomic E-state index is 13.1. The summed E-state index contributed by atoms with van der Waals surface area (Å²) in [4.78, 5) is 2.33. The summed E-state index contributed by atoms with van der Waals surface area (Å²) in [6, 6.07) is 6.80. The minimum Gasteiger partial charge on any atom is -0.396 e. The molecule has 0 atom stereocenters. The van der Waals surface area contributed by atoms with Crippen LogP contribution >= 0.6 is 0 Å². The summed E-state index contributed by atoms with van der Waals surface area (Å²) in [5, 5.41) is 8.71. The van der Waals surface area contributed by atoms with Crippen LogP contribution in [0.5, 0.6) is 0 Å². The molecule has 1 aliphatic rings. The number of piperidine rings is 1. The summed E-state index contributed by atoms with van der Waals surface area (Å²) in [6.07, 6.45) is 3.06. The van der Waals surface area contributed by atoms with Gasteiger partial charge in [0.05, 0.1) is 6.10 Å². The van der Waals surface area contributed by atoms with Crippen molar-refractivity contribution in [3.63, 3.8) is 0 Å². The zero-order valence-corrected chi connectivity index (χ0v) is 11.2. The molecule has 0 aliphatic carbocycles. The number of halogens is 1. The molecule has 0 bridgehead atoms. The molecule has 0 unspecified atom stereocenters. The predicted octanol–water partition coefficient (Wildman–Crippen LogP) is 2.19. The fourth-order valence-electron chi connectivity index (χ4n) is 2.44. The van der Waals surface area contributed by atoms with Gasteiger partial charge in [-0.2, -0.15) is 0 Å². The van der Waals surface area contributed by atoms with Crippen molar-refractivity contribution in [2.45, 2.75) is 31.9 Å². The first-order chi connectivity index (χ1) is 9.28. The summed E-state index contributed by atoms with van der Waals surface area (Å²) in [7, 11) is 0. The lowest BCUT2D eigenvalue weighted by Gasteiger charge is -2.31. The van der Waals surface area contributed by atoms with Crippen LogP contribution < -0.4 is 0 Å². The van der Waals surface area contributed by atoms with Gasteiger partial charge in [-0.3, -0.25) is 4.90 Å². The van der Waals surface area contributed by atoms with Gasteiger partial charge in [0.1, 0.15) is 5.82 Å². The summed E-state index contributed by atoms with van der Waals surface area (Å²) in [5.74, 6) is -0.167. The summed E-state index contributed by atoms with van der Waals surface area (Å²) in [6.45, 7) is 3.62. The minimum absolute atomic E-state index is 0.167. The van der Waals surface area contributed by atoms with Crippen LogP contribution in [0.15, 0.2) is 24.3 Å². The maximum atomic E-state index is 13.1. The standard InChI is InChI=1S/C15H22FNO2/c16-14-4-1-3-13(11-14)12-17-7-5-15(6-8-17)19-10-2-9-18/h1,3-4,11,15,18H,2,5-10,12H2. The molecule has 1 fully saturated rings. The first kappa shape index (κ1) is 14.4. The van der Waals surface area contributed by atoms with Crippen molar-refractivity contribution in [1.29, 1.82) is 0 Å². The number of hydrogen-bond acceptors (Lipinski definition) is 3. The van der Waals surface area contributed by atoms with E-state index in [1.807, 2.05) is 6.07 Å². The lowest BCUT2D eigenvalue weighted by atomic mass is 10.1. The maximum Gasteiger partial charge on any atom is 0.123 e. The van der Waals surface area contributed by atoms with Gasteiger partial charge in [-0.15, -0.1) is 0 Å². The van der Waals surface area contributed by atoms with Crippen LogP contribution in [0.25, 0.3) is 0 Å². The van der Waals surface area contributed by atoms with Gasteiger partial charge in [-0.05, 0) is 37.0 Å². The average Bonchev–Trinajstić information content (AvgIpc) is 2.41. The molecule has 1 aliphatic heterocycles. The summed E-state index contributed by atoms with van der Waals surface area (Å²) >= 11 is 0. The smallest absolute Gasteiger partial charge is 0.123 e. The molecule has 3 nitrogen and oxygen atoms in total. The zero-order chi connectivity index (χ0) is 13.5. The molecule has 106 valence electrons. The Labute approximate surface area is 114 Å². The highest BCUT2D eigenvalue weighted by atomic mass is 19.1. The van der Waals surface area contributed by atoms with E-state index >= 15 is 0 Å². The van der Waals surface area contributed by atoms with Gasteiger partial charge < -0.3 is 9.84 Å². The van der Waals surface area contributed by atoms with E-state index in [1.165, 1.54) is 6.07 Å². The fraction of sp³-hybridized carbons (Fsp3) is 0.600. The molecule has 0 aromatic heterocycles. The van der Waals surface area contributed by atoms with Gasteiger partial charge in [0.2, 0.25) is 0 Å². The molecular weight excluding hydrogens is 245 g/mol. The van der Waals surface area contributed by atoms with E-state index in [9.17, 15) is 4.39 Å². The van der Waals surface area contributed by atoms with Crippen molar-refractivity contribution in [3.05, 3.63) is 35.6 Å². The van der Waals surface area contributed by atoms with Gasteiger partial charge in [-0.1, -0.05) is 12.1 Å². The number of aliphatic hydroxyl groups excluding tert-OH is 1. The monoisotopic (exact) mass is 267 g/mol. The van der Waals surface area contributed by atoms with E-state index < -0.39 is 0 Å². The molecule has 0 spiro atoms. The van der Waals surface area contributed by atoms with E-state index in [4.69, 9.17) is 9.84 Å². The third kappa shape index (κ3) is 4.90. The number of hydrogen-bond donors (Lipinski definition) is 1. The molecule has 1 heterocycles. The van der Waals surface area contributed by atoms with Gasteiger partial charge in [-0.25, -0.2) is 4.39 Å². The second kappa shape index (κ2) is 7.58. The number of rotatable bonds is 6. The largest absolute Gasteiger partial charge is 0.396 e. The van der Waals surface area contributed by atoms with Crippen molar-refractivity contribution >= 4 is 0 Å². The highest BCUT2D eigenvalue weighted by Gasteiger charge is 2.19. The first-order valence-corrected chi connectivity index (χ1v) is 6.97. The third-order valence-corrected chi connectivity index (χ3v) is 3.49. The SMILES string of the molecule is OCCCOC1CCN(Cc2cccc(F)c2)CC1. The van der Waals surface area contributed by atoms with Crippen LogP contribution in [-0.2, 0) is 11.3 Å². The van der Waals surface area contributed by atoms with Crippen molar-refractivity contribution in [1.82, 2.24) is 4.90 Å². The van der Waals surface area contributed by atoms with Crippen LogP contribution in [0.2, 0.25) is 0 Å². The number of nitrogens with zero attached hydrogens (tertiary/aromatic N) is 1. The Morgan fingerprint density at radius 2 is 2.11 bits per heavy atom. The van der Waals surface area contributed by atoms with E-state index in [1.54, 1.807) is 12.1 Å². The highest BCUT2D eigenvalue weighted by Crippen LogP contribution is 2.16. The van der Waals surface area contributed by atoms with Gasteiger partial charge in [0.15, 0.2) is 0 Å². The van der Waals surface area contributed by atoms with Crippen molar-refractivity contribution < 1.29 is 14.2 Å². The molecule has 0 amide bonds. The first-order valence-electron chi connectivity index (χ1n) is 6.97. The molecule has 1 aromatic rings. The summed E-state index contributed by atoms with van der Waals surface area (Å²) in [5.41, 5.74) is 1.03. The van der Waals surface area contributed by atoms with Crippen molar-refractivity contribution in [3.8, 4) is 0 Å². The van der Waals surface area contributed by atoms with Crippen LogP contribution in [0.1, 0.15) is 24.8 Å². The van der Waals surface area contributed by atoms with Crippen molar-refractivity contribution in [2.75, 3.05) is 26.3 Å². The van der Waals surface area contributed by atoms with E-state index in [0.29, 0.717) is 19.1 Å². The molecule has 0 radical (unpaired) electrons. The van der Waals surface area contributed by atoms with Crippen LogP contribution in [0.4, 0.5) is 4.39 Å².